The van der Waals surface area contributed by atoms with Gasteiger partial charge in [-0.15, -0.1) is 0 Å². The van der Waals surface area contributed by atoms with Crippen molar-refractivity contribution in [3.05, 3.63) is 35.4 Å². The summed E-state index contributed by atoms with van der Waals surface area (Å²) in [5.74, 6) is 0.101. The lowest BCUT2D eigenvalue weighted by molar-refractivity contribution is 0.571. The smallest absolute Gasteiger partial charge is 0.209 e. The topological polar surface area (TPSA) is 60.2 Å². The standard InChI is InChI=1S/C11H17NO2S/c1-9-3-5-11(6-4-9)7-10(2)8-15(12,13)14/h3-6,10H,7-8H2,1-2H3,(H2,12,13,14). The van der Waals surface area contributed by atoms with Crippen molar-refractivity contribution in [3.63, 3.8) is 0 Å². The van der Waals surface area contributed by atoms with E-state index in [0.29, 0.717) is 0 Å². The fourth-order valence-corrected chi connectivity index (χ4v) is 2.49. The SMILES string of the molecule is Cc1ccc(CC(C)CS(N)(=O)=O)cc1. The van der Waals surface area contributed by atoms with Gasteiger partial charge in [0.25, 0.3) is 0 Å². The molecule has 0 aromatic heterocycles. The van der Waals surface area contributed by atoms with Crippen LogP contribution in [-0.4, -0.2) is 14.2 Å². The third-order valence-corrected chi connectivity index (χ3v) is 3.26. The van der Waals surface area contributed by atoms with Crippen molar-refractivity contribution in [2.75, 3.05) is 5.75 Å². The van der Waals surface area contributed by atoms with Crippen molar-refractivity contribution in [1.82, 2.24) is 0 Å². The van der Waals surface area contributed by atoms with Gasteiger partial charge in [0.1, 0.15) is 0 Å². The molecule has 0 heterocycles. The highest BCUT2D eigenvalue weighted by atomic mass is 32.2. The van der Waals surface area contributed by atoms with Crippen LogP contribution in [0.15, 0.2) is 24.3 Å². The van der Waals surface area contributed by atoms with Gasteiger partial charge in [-0.1, -0.05) is 36.8 Å². The van der Waals surface area contributed by atoms with Crippen LogP contribution in [0.1, 0.15) is 18.1 Å². The Balaban J connectivity index is 2.59. The predicted octanol–water partition coefficient (Wildman–Crippen LogP) is 1.46. The first kappa shape index (κ1) is 12.2. The van der Waals surface area contributed by atoms with Gasteiger partial charge >= 0.3 is 0 Å². The quantitative estimate of drug-likeness (QED) is 0.846. The fourth-order valence-electron chi connectivity index (χ4n) is 1.58. The van der Waals surface area contributed by atoms with Gasteiger partial charge in [0.05, 0.1) is 5.75 Å². The molecule has 0 saturated carbocycles. The van der Waals surface area contributed by atoms with Crippen LogP contribution in [-0.2, 0) is 16.4 Å². The second kappa shape index (κ2) is 4.77. The zero-order valence-corrected chi connectivity index (χ0v) is 9.92. The van der Waals surface area contributed by atoms with E-state index in [9.17, 15) is 8.42 Å². The number of hydrogen-bond acceptors (Lipinski definition) is 2. The highest BCUT2D eigenvalue weighted by molar-refractivity contribution is 7.89. The molecule has 3 nitrogen and oxygen atoms in total. The Labute approximate surface area is 91.4 Å². The molecule has 0 saturated heterocycles. The third kappa shape index (κ3) is 4.95. The van der Waals surface area contributed by atoms with E-state index in [0.717, 1.165) is 12.0 Å². The minimum Gasteiger partial charge on any atom is -0.229 e. The minimum atomic E-state index is -3.35. The van der Waals surface area contributed by atoms with Crippen LogP contribution in [0.5, 0.6) is 0 Å². The summed E-state index contributed by atoms with van der Waals surface area (Å²) in [4.78, 5) is 0. The molecular weight excluding hydrogens is 210 g/mol. The average Bonchev–Trinajstić information content (AvgIpc) is 2.05. The zero-order valence-electron chi connectivity index (χ0n) is 9.10. The number of aryl methyl sites for hydroxylation is 1. The van der Waals surface area contributed by atoms with Gasteiger partial charge < -0.3 is 0 Å². The number of nitrogens with two attached hydrogens (primary N) is 1. The van der Waals surface area contributed by atoms with E-state index in [1.165, 1.54) is 5.56 Å². The molecule has 0 aliphatic rings. The number of hydrogen-bond donors (Lipinski definition) is 1. The Morgan fingerprint density at radius 3 is 2.27 bits per heavy atom. The lowest BCUT2D eigenvalue weighted by Gasteiger charge is -2.09. The van der Waals surface area contributed by atoms with Crippen LogP contribution in [0.25, 0.3) is 0 Å². The second-order valence-corrected chi connectivity index (χ2v) is 5.78. The number of primary sulfonamides is 1. The Bertz CT molecular complexity index is 409. The summed E-state index contributed by atoms with van der Waals surface area (Å²) in [6.45, 7) is 3.92. The molecule has 15 heavy (non-hydrogen) atoms. The molecule has 1 aromatic carbocycles. The van der Waals surface area contributed by atoms with Gasteiger partial charge in [-0.25, -0.2) is 13.6 Å². The maximum Gasteiger partial charge on any atom is 0.209 e. The second-order valence-electron chi connectivity index (χ2n) is 4.12. The molecule has 1 unspecified atom stereocenters. The molecule has 0 aliphatic heterocycles. The fraction of sp³-hybridized carbons (Fsp3) is 0.455. The number of rotatable bonds is 4. The van der Waals surface area contributed by atoms with Gasteiger partial charge in [-0.2, -0.15) is 0 Å². The zero-order chi connectivity index (χ0) is 11.5. The molecule has 0 radical (unpaired) electrons. The minimum absolute atomic E-state index is 0.0425. The van der Waals surface area contributed by atoms with Crippen LogP contribution in [0.3, 0.4) is 0 Å². The van der Waals surface area contributed by atoms with E-state index in [4.69, 9.17) is 5.14 Å². The molecule has 4 heteroatoms. The summed E-state index contributed by atoms with van der Waals surface area (Å²) in [7, 11) is -3.35. The maximum atomic E-state index is 10.9. The van der Waals surface area contributed by atoms with E-state index >= 15 is 0 Å². The first-order valence-corrected chi connectivity index (χ1v) is 6.64. The van der Waals surface area contributed by atoms with Gasteiger partial charge in [-0.05, 0) is 24.8 Å². The first-order valence-electron chi connectivity index (χ1n) is 4.93. The van der Waals surface area contributed by atoms with Crippen molar-refractivity contribution < 1.29 is 8.42 Å². The monoisotopic (exact) mass is 227 g/mol. The van der Waals surface area contributed by atoms with Crippen molar-refractivity contribution in [2.45, 2.75) is 20.3 Å². The molecule has 1 rings (SSSR count). The summed E-state index contributed by atoms with van der Waals surface area (Å²) in [5, 5.41) is 4.99. The summed E-state index contributed by atoms with van der Waals surface area (Å²) >= 11 is 0. The van der Waals surface area contributed by atoms with Crippen molar-refractivity contribution >= 4 is 10.0 Å². The largest absolute Gasteiger partial charge is 0.229 e. The predicted molar refractivity (Wildman–Crippen MR) is 62.0 cm³/mol. The normalized spacial score (nSPS) is 13.8. The highest BCUT2D eigenvalue weighted by Crippen LogP contribution is 2.10. The van der Waals surface area contributed by atoms with Crippen LogP contribution < -0.4 is 5.14 Å². The number of sulfonamides is 1. The molecule has 0 fully saturated rings. The molecule has 0 aliphatic carbocycles. The summed E-state index contributed by atoms with van der Waals surface area (Å²) in [5.41, 5.74) is 2.36. The summed E-state index contributed by atoms with van der Waals surface area (Å²) in [6, 6.07) is 8.10. The molecule has 0 amide bonds. The summed E-state index contributed by atoms with van der Waals surface area (Å²) in [6.07, 6.45) is 0.747. The molecule has 1 aromatic rings. The van der Waals surface area contributed by atoms with Gasteiger partial charge in [-0.3, -0.25) is 0 Å². The molecule has 84 valence electrons. The third-order valence-electron chi connectivity index (χ3n) is 2.22. The number of benzene rings is 1. The highest BCUT2D eigenvalue weighted by Gasteiger charge is 2.11. The van der Waals surface area contributed by atoms with Crippen molar-refractivity contribution in [2.24, 2.45) is 11.1 Å². The molecule has 0 spiro atoms. The van der Waals surface area contributed by atoms with Crippen LogP contribution in [0.2, 0.25) is 0 Å². The Morgan fingerprint density at radius 2 is 1.80 bits per heavy atom. The Kier molecular flexibility index (Phi) is 3.88. The van der Waals surface area contributed by atoms with Gasteiger partial charge in [0, 0.05) is 0 Å². The molecule has 0 bridgehead atoms. The first-order chi connectivity index (χ1) is 6.87. The average molecular weight is 227 g/mol. The lowest BCUT2D eigenvalue weighted by atomic mass is 10.0. The maximum absolute atomic E-state index is 10.9. The molecule has 2 N–H and O–H groups in total. The Morgan fingerprint density at radius 1 is 1.27 bits per heavy atom. The van der Waals surface area contributed by atoms with E-state index in [2.05, 4.69) is 0 Å². The van der Waals surface area contributed by atoms with Crippen LogP contribution >= 0.6 is 0 Å². The van der Waals surface area contributed by atoms with Crippen LogP contribution in [0.4, 0.5) is 0 Å². The molecule has 1 atom stereocenters. The van der Waals surface area contributed by atoms with Crippen molar-refractivity contribution in [1.29, 1.82) is 0 Å². The van der Waals surface area contributed by atoms with Gasteiger partial charge in [0.2, 0.25) is 10.0 Å². The van der Waals surface area contributed by atoms with E-state index in [1.807, 2.05) is 38.1 Å². The van der Waals surface area contributed by atoms with E-state index in [1.54, 1.807) is 0 Å². The van der Waals surface area contributed by atoms with E-state index in [-0.39, 0.29) is 11.7 Å². The van der Waals surface area contributed by atoms with Crippen LogP contribution in [0, 0.1) is 12.8 Å². The lowest BCUT2D eigenvalue weighted by Crippen LogP contribution is -2.22. The molecular formula is C11H17NO2S. The van der Waals surface area contributed by atoms with E-state index < -0.39 is 10.0 Å². The van der Waals surface area contributed by atoms with Crippen molar-refractivity contribution in [3.8, 4) is 0 Å². The van der Waals surface area contributed by atoms with Gasteiger partial charge in [0.15, 0.2) is 0 Å². The Hall–Kier alpha value is -0.870. The summed E-state index contributed by atoms with van der Waals surface area (Å²) < 4.78 is 21.7.